The number of benzene rings is 3. The highest BCUT2D eigenvalue weighted by Gasteiger charge is 2.36. The molecule has 5 heteroatoms. The molecule has 5 nitrogen and oxygen atoms in total. The molecule has 1 fully saturated rings. The van der Waals surface area contributed by atoms with E-state index in [9.17, 15) is 9.90 Å². The number of carbonyl (C=O) groups excluding carboxylic acids is 1. The van der Waals surface area contributed by atoms with Crippen molar-refractivity contribution in [3.63, 3.8) is 0 Å². The third kappa shape index (κ3) is 7.92. The Balaban J connectivity index is 1.68. The van der Waals surface area contributed by atoms with Gasteiger partial charge in [0.1, 0.15) is 5.60 Å². The van der Waals surface area contributed by atoms with E-state index >= 15 is 0 Å². The molecular formula is C33H42N2O3. The van der Waals surface area contributed by atoms with E-state index in [0.29, 0.717) is 26.1 Å². The maximum Gasteiger partial charge on any atom is 0.410 e. The fraction of sp³-hybridized carbons (Fsp3) is 0.424. The third-order valence-electron chi connectivity index (χ3n) is 7.20. The van der Waals surface area contributed by atoms with Crippen LogP contribution in [0.5, 0.6) is 0 Å². The summed E-state index contributed by atoms with van der Waals surface area (Å²) in [6.07, 6.45) is 2.64. The van der Waals surface area contributed by atoms with Crippen LogP contribution in [-0.2, 0) is 17.8 Å². The van der Waals surface area contributed by atoms with Crippen molar-refractivity contribution in [2.45, 2.75) is 83.3 Å². The van der Waals surface area contributed by atoms with Gasteiger partial charge in [0, 0.05) is 31.7 Å². The van der Waals surface area contributed by atoms with Gasteiger partial charge < -0.3 is 14.7 Å². The van der Waals surface area contributed by atoms with Crippen LogP contribution in [0.15, 0.2) is 91.0 Å². The first-order valence-electron chi connectivity index (χ1n) is 13.8. The summed E-state index contributed by atoms with van der Waals surface area (Å²) < 4.78 is 5.80. The summed E-state index contributed by atoms with van der Waals surface area (Å²) in [5, 5.41) is 11.9. The number of aliphatic hydroxyl groups excluding tert-OH is 1. The van der Waals surface area contributed by atoms with Crippen molar-refractivity contribution in [1.82, 2.24) is 9.80 Å². The molecule has 0 spiro atoms. The number of nitrogens with zero attached hydrogens (tertiary/aromatic N) is 2. The van der Waals surface area contributed by atoms with Crippen LogP contribution >= 0.6 is 0 Å². The zero-order valence-electron chi connectivity index (χ0n) is 23.0. The van der Waals surface area contributed by atoms with E-state index in [4.69, 9.17) is 4.74 Å². The molecule has 3 aromatic rings. The molecule has 38 heavy (non-hydrogen) atoms. The Morgan fingerprint density at radius 1 is 0.895 bits per heavy atom. The minimum atomic E-state index is -0.703. The van der Waals surface area contributed by atoms with Gasteiger partial charge >= 0.3 is 6.09 Å². The standard InChI is InChI=1S/C33H42N2O3/c1-33(2,3)38-32(37)35-22-14-13-21-29(35)23-30(31(36)28-19-11-6-12-20-28)34(24-26-15-7-4-8-16-26)25-27-17-9-5-10-18-27/h4-12,15-20,29-31,36H,13-14,21-25H2,1-3H3/t29-,30?,31?/m1/s1. The predicted octanol–water partition coefficient (Wildman–Crippen LogP) is 6.97. The Morgan fingerprint density at radius 2 is 1.42 bits per heavy atom. The van der Waals surface area contributed by atoms with E-state index in [-0.39, 0.29) is 18.2 Å². The van der Waals surface area contributed by atoms with Gasteiger partial charge in [0.2, 0.25) is 0 Å². The third-order valence-corrected chi connectivity index (χ3v) is 7.20. The highest BCUT2D eigenvalue weighted by atomic mass is 16.6. The number of piperidine rings is 1. The van der Waals surface area contributed by atoms with Gasteiger partial charge in [-0.2, -0.15) is 0 Å². The molecule has 1 heterocycles. The molecule has 2 unspecified atom stereocenters. The topological polar surface area (TPSA) is 53.0 Å². The molecule has 0 saturated carbocycles. The van der Waals surface area contributed by atoms with Crippen molar-refractivity contribution in [2.24, 2.45) is 0 Å². The maximum atomic E-state index is 13.2. The van der Waals surface area contributed by atoms with Crippen LogP contribution in [0.25, 0.3) is 0 Å². The Labute approximate surface area is 228 Å². The average Bonchev–Trinajstić information content (AvgIpc) is 2.92. The van der Waals surface area contributed by atoms with Gasteiger partial charge in [-0.3, -0.25) is 4.90 Å². The summed E-state index contributed by atoms with van der Waals surface area (Å²) in [4.78, 5) is 17.5. The number of hydrogen-bond donors (Lipinski definition) is 1. The molecule has 1 amide bonds. The number of amides is 1. The molecule has 0 radical (unpaired) electrons. The van der Waals surface area contributed by atoms with E-state index in [2.05, 4.69) is 53.4 Å². The van der Waals surface area contributed by atoms with Crippen LogP contribution < -0.4 is 0 Å². The van der Waals surface area contributed by atoms with E-state index in [1.807, 2.05) is 68.1 Å². The number of rotatable bonds is 9. The summed E-state index contributed by atoms with van der Waals surface area (Å²) >= 11 is 0. The number of hydrogen-bond acceptors (Lipinski definition) is 4. The lowest BCUT2D eigenvalue weighted by molar-refractivity contribution is -0.0115. The van der Waals surface area contributed by atoms with Crippen LogP contribution in [0.2, 0.25) is 0 Å². The number of likely N-dealkylation sites (tertiary alicyclic amines) is 1. The van der Waals surface area contributed by atoms with Crippen LogP contribution in [0.1, 0.15) is 69.2 Å². The smallest absolute Gasteiger partial charge is 0.410 e. The monoisotopic (exact) mass is 514 g/mol. The molecule has 1 N–H and O–H groups in total. The summed E-state index contributed by atoms with van der Waals surface area (Å²) in [5.41, 5.74) is 2.74. The Morgan fingerprint density at radius 3 is 1.95 bits per heavy atom. The normalized spacial score (nSPS) is 17.7. The zero-order chi connectivity index (χ0) is 27.0. The van der Waals surface area contributed by atoms with E-state index in [1.54, 1.807) is 0 Å². The molecule has 3 atom stereocenters. The zero-order valence-corrected chi connectivity index (χ0v) is 23.0. The van der Waals surface area contributed by atoms with Gasteiger partial charge in [-0.25, -0.2) is 4.79 Å². The molecule has 3 aromatic carbocycles. The minimum Gasteiger partial charge on any atom is -0.444 e. The number of aliphatic hydroxyl groups is 1. The first-order valence-corrected chi connectivity index (χ1v) is 13.8. The van der Waals surface area contributed by atoms with Gasteiger partial charge in [0.25, 0.3) is 0 Å². The highest BCUT2D eigenvalue weighted by Crippen LogP contribution is 2.32. The average molecular weight is 515 g/mol. The molecular weight excluding hydrogens is 472 g/mol. The minimum absolute atomic E-state index is 0.00370. The quantitative estimate of drug-likeness (QED) is 0.335. The van der Waals surface area contributed by atoms with Crippen molar-refractivity contribution in [2.75, 3.05) is 6.54 Å². The first-order chi connectivity index (χ1) is 18.3. The summed E-state index contributed by atoms with van der Waals surface area (Å²) in [5.74, 6) is 0. The van der Waals surface area contributed by atoms with Gasteiger partial charge in [-0.05, 0) is 63.1 Å². The maximum absolute atomic E-state index is 13.2. The number of ether oxygens (including phenoxy) is 1. The fourth-order valence-electron chi connectivity index (χ4n) is 5.36. The second-order valence-corrected chi connectivity index (χ2v) is 11.4. The predicted molar refractivity (Wildman–Crippen MR) is 153 cm³/mol. The van der Waals surface area contributed by atoms with Crippen LogP contribution in [-0.4, -0.2) is 45.2 Å². The van der Waals surface area contributed by atoms with Gasteiger partial charge in [0.15, 0.2) is 0 Å². The molecule has 1 saturated heterocycles. The Kier molecular flexibility index (Phi) is 9.59. The number of carbonyl (C=O) groups is 1. The van der Waals surface area contributed by atoms with Crippen LogP contribution in [0.4, 0.5) is 4.79 Å². The Bertz CT molecular complexity index is 1070. The van der Waals surface area contributed by atoms with Crippen molar-refractivity contribution in [3.8, 4) is 0 Å². The van der Waals surface area contributed by atoms with E-state index in [0.717, 1.165) is 24.8 Å². The van der Waals surface area contributed by atoms with Crippen molar-refractivity contribution < 1.29 is 14.6 Å². The van der Waals surface area contributed by atoms with E-state index < -0.39 is 11.7 Å². The molecule has 0 bridgehead atoms. The second-order valence-electron chi connectivity index (χ2n) is 11.4. The summed E-state index contributed by atoms with van der Waals surface area (Å²) in [6.45, 7) is 7.81. The molecule has 0 aromatic heterocycles. The van der Waals surface area contributed by atoms with Gasteiger partial charge in [0.05, 0.1) is 6.10 Å². The molecule has 1 aliphatic rings. The Hall–Kier alpha value is -3.15. The second kappa shape index (κ2) is 13.1. The van der Waals surface area contributed by atoms with Crippen molar-refractivity contribution in [3.05, 3.63) is 108 Å². The van der Waals surface area contributed by atoms with Crippen molar-refractivity contribution >= 4 is 6.09 Å². The molecule has 0 aliphatic carbocycles. The van der Waals surface area contributed by atoms with Gasteiger partial charge in [-0.1, -0.05) is 91.0 Å². The lowest BCUT2D eigenvalue weighted by Crippen LogP contribution is -2.50. The summed E-state index contributed by atoms with van der Waals surface area (Å²) in [6, 6.07) is 30.5. The van der Waals surface area contributed by atoms with Crippen LogP contribution in [0.3, 0.4) is 0 Å². The molecule has 1 aliphatic heterocycles. The lowest BCUT2D eigenvalue weighted by Gasteiger charge is -2.42. The van der Waals surface area contributed by atoms with Crippen molar-refractivity contribution in [1.29, 1.82) is 0 Å². The SMILES string of the molecule is CC(C)(C)OC(=O)N1CCCC[C@@H]1CC(C(O)c1ccccc1)N(Cc1ccccc1)Cc1ccccc1. The summed E-state index contributed by atoms with van der Waals surface area (Å²) in [7, 11) is 0. The fourth-order valence-corrected chi connectivity index (χ4v) is 5.36. The highest BCUT2D eigenvalue weighted by molar-refractivity contribution is 5.68. The largest absolute Gasteiger partial charge is 0.444 e. The van der Waals surface area contributed by atoms with Crippen LogP contribution in [0, 0.1) is 0 Å². The lowest BCUT2D eigenvalue weighted by atomic mass is 9.89. The molecule has 202 valence electrons. The first kappa shape index (κ1) is 27.9. The van der Waals surface area contributed by atoms with E-state index in [1.165, 1.54) is 11.1 Å². The van der Waals surface area contributed by atoms with Gasteiger partial charge in [-0.15, -0.1) is 0 Å². The molecule has 4 rings (SSSR count).